The molecule has 5 heteroatoms. The van der Waals surface area contributed by atoms with Crippen LogP contribution in [-0.4, -0.2) is 17.2 Å². The maximum absolute atomic E-state index is 10.8. The van der Waals surface area contributed by atoms with E-state index < -0.39 is 6.29 Å². The number of hydrogen-bond donors (Lipinski definition) is 0. The maximum atomic E-state index is 10.8. The van der Waals surface area contributed by atoms with Crippen molar-refractivity contribution >= 4 is 5.97 Å². The Morgan fingerprint density at radius 2 is 2.44 bits per heavy atom. The third kappa shape index (κ3) is 2.41. The van der Waals surface area contributed by atoms with Crippen molar-refractivity contribution in [3.05, 3.63) is 17.8 Å². The summed E-state index contributed by atoms with van der Waals surface area (Å²) >= 11 is 0. The minimum Gasteiger partial charge on any atom is -0.443 e. The molecule has 0 aliphatic carbocycles. The van der Waals surface area contributed by atoms with Gasteiger partial charge in [0.2, 0.25) is 12.2 Å². The quantitative estimate of drug-likeness (QED) is 0.736. The monoisotopic (exact) mass is 225 g/mol. The molecule has 88 valence electrons. The Morgan fingerprint density at radius 1 is 1.62 bits per heavy atom. The fourth-order valence-electron chi connectivity index (χ4n) is 1.70. The molecule has 1 aromatic rings. The lowest BCUT2D eigenvalue weighted by atomic mass is 10.2. The number of carbonyl (C=O) groups is 1. The van der Waals surface area contributed by atoms with E-state index in [-0.39, 0.29) is 12.1 Å². The van der Waals surface area contributed by atoms with Gasteiger partial charge in [-0.05, 0) is 6.42 Å². The number of aromatic nitrogens is 1. The lowest BCUT2D eigenvalue weighted by molar-refractivity contribution is -0.174. The Bertz CT molecular complexity index is 374. The van der Waals surface area contributed by atoms with Crippen LogP contribution in [0.2, 0.25) is 0 Å². The first kappa shape index (κ1) is 11.1. The van der Waals surface area contributed by atoms with Crippen molar-refractivity contribution in [1.29, 1.82) is 0 Å². The number of ether oxygens (including phenoxy) is 2. The summed E-state index contributed by atoms with van der Waals surface area (Å²) in [4.78, 5) is 14.9. The van der Waals surface area contributed by atoms with Gasteiger partial charge in [0.05, 0.1) is 6.20 Å². The van der Waals surface area contributed by atoms with Gasteiger partial charge in [0.15, 0.2) is 0 Å². The minimum absolute atomic E-state index is 0.190. The van der Waals surface area contributed by atoms with Gasteiger partial charge < -0.3 is 13.9 Å². The van der Waals surface area contributed by atoms with Crippen molar-refractivity contribution < 1.29 is 18.7 Å². The summed E-state index contributed by atoms with van der Waals surface area (Å²) in [7, 11) is 0. The highest BCUT2D eigenvalue weighted by Crippen LogP contribution is 2.32. The molecule has 0 N–H and O–H groups in total. The largest absolute Gasteiger partial charge is 0.443 e. The first-order valence-corrected chi connectivity index (χ1v) is 5.46. The van der Waals surface area contributed by atoms with Gasteiger partial charge in [0, 0.05) is 19.8 Å². The molecule has 1 aliphatic heterocycles. The first-order valence-electron chi connectivity index (χ1n) is 5.46. The van der Waals surface area contributed by atoms with Crippen LogP contribution in [0.1, 0.15) is 44.4 Å². The number of hydrogen-bond acceptors (Lipinski definition) is 5. The second-order valence-electron chi connectivity index (χ2n) is 3.76. The van der Waals surface area contributed by atoms with Crippen molar-refractivity contribution in [1.82, 2.24) is 4.98 Å². The molecule has 0 bridgehead atoms. The van der Waals surface area contributed by atoms with E-state index in [9.17, 15) is 4.79 Å². The summed E-state index contributed by atoms with van der Waals surface area (Å²) < 4.78 is 16.0. The maximum Gasteiger partial charge on any atom is 0.304 e. The highest BCUT2D eigenvalue weighted by molar-refractivity contribution is 5.66. The van der Waals surface area contributed by atoms with E-state index in [1.54, 1.807) is 6.20 Å². The van der Waals surface area contributed by atoms with E-state index in [1.165, 1.54) is 6.92 Å². The number of nitrogens with zero attached hydrogens (tertiary/aromatic N) is 1. The molecule has 2 rings (SSSR count). The number of carbonyl (C=O) groups excluding carboxylic acids is 1. The highest BCUT2D eigenvalue weighted by atomic mass is 16.7. The normalized spacial score (nSPS) is 24.6. The number of esters is 1. The third-order valence-corrected chi connectivity index (χ3v) is 2.47. The van der Waals surface area contributed by atoms with Gasteiger partial charge in [-0.3, -0.25) is 4.79 Å². The summed E-state index contributed by atoms with van der Waals surface area (Å²) in [6.45, 7) is 3.37. The summed E-state index contributed by atoms with van der Waals surface area (Å²) in [5.41, 5.74) is 0. The highest BCUT2D eigenvalue weighted by Gasteiger charge is 2.31. The van der Waals surface area contributed by atoms with Crippen LogP contribution in [0.25, 0.3) is 0 Å². The van der Waals surface area contributed by atoms with Gasteiger partial charge in [-0.1, -0.05) is 6.92 Å². The van der Waals surface area contributed by atoms with Crippen LogP contribution in [0.3, 0.4) is 0 Å². The molecule has 2 heterocycles. The predicted molar refractivity (Wildman–Crippen MR) is 54.5 cm³/mol. The van der Waals surface area contributed by atoms with Crippen LogP contribution < -0.4 is 0 Å². The summed E-state index contributed by atoms with van der Waals surface area (Å²) in [6, 6.07) is 0. The lowest BCUT2D eigenvalue weighted by Crippen LogP contribution is -2.14. The molecule has 2 unspecified atom stereocenters. The Kier molecular flexibility index (Phi) is 3.24. The zero-order valence-corrected chi connectivity index (χ0v) is 9.43. The topological polar surface area (TPSA) is 61.6 Å². The molecule has 1 saturated heterocycles. The van der Waals surface area contributed by atoms with Crippen LogP contribution in [0.5, 0.6) is 0 Å². The molecule has 0 radical (unpaired) electrons. The number of oxazole rings is 1. The summed E-state index contributed by atoms with van der Waals surface area (Å²) in [5, 5.41) is 0. The molecule has 1 fully saturated rings. The van der Waals surface area contributed by atoms with Crippen LogP contribution in [0.4, 0.5) is 0 Å². The molecule has 0 saturated carbocycles. The van der Waals surface area contributed by atoms with Crippen LogP contribution >= 0.6 is 0 Å². The summed E-state index contributed by atoms with van der Waals surface area (Å²) in [5.74, 6) is 1.09. The average Bonchev–Trinajstić information content (AvgIpc) is 2.83. The van der Waals surface area contributed by atoms with E-state index in [2.05, 4.69) is 4.98 Å². The average molecular weight is 225 g/mol. The zero-order chi connectivity index (χ0) is 11.5. The van der Waals surface area contributed by atoms with Crippen molar-refractivity contribution in [3.8, 4) is 0 Å². The van der Waals surface area contributed by atoms with E-state index in [0.717, 1.165) is 18.6 Å². The van der Waals surface area contributed by atoms with E-state index in [1.807, 2.05) is 6.92 Å². The van der Waals surface area contributed by atoms with Gasteiger partial charge in [0.1, 0.15) is 11.9 Å². The van der Waals surface area contributed by atoms with E-state index >= 15 is 0 Å². The van der Waals surface area contributed by atoms with Crippen molar-refractivity contribution in [2.45, 2.75) is 45.5 Å². The standard InChI is InChI=1S/C11H15NO4/c1-3-8-6-12-11(15-8)9-4-5-10(16-9)14-7(2)13/h6,9-10H,3-5H2,1-2H3. The van der Waals surface area contributed by atoms with Gasteiger partial charge in [-0.25, -0.2) is 4.98 Å². The van der Waals surface area contributed by atoms with E-state index in [0.29, 0.717) is 12.3 Å². The molecular formula is C11H15NO4. The molecule has 0 amide bonds. The predicted octanol–water partition coefficient (Wildman–Crippen LogP) is 1.98. The second kappa shape index (κ2) is 4.65. The van der Waals surface area contributed by atoms with E-state index in [4.69, 9.17) is 13.9 Å². The fraction of sp³-hybridized carbons (Fsp3) is 0.636. The Balaban J connectivity index is 1.95. The molecule has 5 nitrogen and oxygen atoms in total. The van der Waals surface area contributed by atoms with Crippen LogP contribution in [-0.2, 0) is 20.7 Å². The number of rotatable bonds is 3. The molecule has 2 atom stereocenters. The molecule has 1 aromatic heterocycles. The molecule has 0 spiro atoms. The van der Waals surface area contributed by atoms with Gasteiger partial charge in [-0.15, -0.1) is 0 Å². The van der Waals surface area contributed by atoms with Crippen LogP contribution in [0.15, 0.2) is 10.6 Å². The second-order valence-corrected chi connectivity index (χ2v) is 3.76. The van der Waals surface area contributed by atoms with Crippen molar-refractivity contribution in [2.24, 2.45) is 0 Å². The van der Waals surface area contributed by atoms with Gasteiger partial charge >= 0.3 is 5.97 Å². The molecular weight excluding hydrogens is 210 g/mol. The molecule has 1 aliphatic rings. The first-order chi connectivity index (χ1) is 7.69. The van der Waals surface area contributed by atoms with Crippen LogP contribution in [0, 0.1) is 0 Å². The third-order valence-electron chi connectivity index (χ3n) is 2.47. The fourth-order valence-corrected chi connectivity index (χ4v) is 1.70. The zero-order valence-electron chi connectivity index (χ0n) is 9.43. The van der Waals surface area contributed by atoms with Crippen molar-refractivity contribution in [3.63, 3.8) is 0 Å². The Morgan fingerprint density at radius 3 is 3.06 bits per heavy atom. The Labute approximate surface area is 93.7 Å². The van der Waals surface area contributed by atoms with Crippen molar-refractivity contribution in [2.75, 3.05) is 0 Å². The molecule has 0 aromatic carbocycles. The summed E-state index contributed by atoms with van der Waals surface area (Å²) in [6.07, 6.45) is 3.32. The Hall–Kier alpha value is -1.36. The smallest absolute Gasteiger partial charge is 0.304 e. The SMILES string of the molecule is CCc1cnc(C2CCC(OC(C)=O)O2)o1. The number of aryl methyl sites for hydroxylation is 1. The van der Waals surface area contributed by atoms with Gasteiger partial charge in [0.25, 0.3) is 0 Å². The minimum atomic E-state index is -0.459. The lowest BCUT2D eigenvalue weighted by Gasteiger charge is -2.10. The molecule has 16 heavy (non-hydrogen) atoms. The van der Waals surface area contributed by atoms with Gasteiger partial charge in [-0.2, -0.15) is 0 Å².